The van der Waals surface area contributed by atoms with Crippen LogP contribution in [0.3, 0.4) is 0 Å². The summed E-state index contributed by atoms with van der Waals surface area (Å²) in [6.45, 7) is 40.1. The Morgan fingerprint density at radius 2 is 0.886 bits per heavy atom. The smallest absolute Gasteiger partial charge is 0.343 e. The molecule has 4 rings (SSSR count). The van der Waals surface area contributed by atoms with Crippen LogP contribution in [-0.2, 0) is 18.6 Å². The van der Waals surface area contributed by atoms with Crippen molar-refractivity contribution in [3.63, 3.8) is 0 Å². The van der Waals surface area contributed by atoms with Crippen molar-refractivity contribution in [2.45, 2.75) is 146 Å². The van der Waals surface area contributed by atoms with Crippen LogP contribution >= 0.6 is 0 Å². The zero-order valence-corrected chi connectivity index (χ0v) is 33.4. The first-order chi connectivity index (χ1) is 20.1. The summed E-state index contributed by atoms with van der Waals surface area (Å²) >= 11 is 0. The molecular weight excluding hydrogens is 583 g/mol. The first-order valence-electron chi connectivity index (χ1n) is 17.2. The Balaban J connectivity index is 0.000000962. The third-order valence-electron chi connectivity index (χ3n) is 9.01. The van der Waals surface area contributed by atoms with Gasteiger partial charge in [-0.05, 0) is 23.7 Å². The summed E-state index contributed by atoms with van der Waals surface area (Å²) in [7, 11) is -2.01. The maximum atomic E-state index is 3.60. The minimum atomic E-state index is -2.01. The topological polar surface area (TPSA) is 0 Å². The summed E-state index contributed by atoms with van der Waals surface area (Å²) in [5.41, 5.74) is 8.98. The largest absolute Gasteiger partial charge is 4.00 e. The van der Waals surface area contributed by atoms with Gasteiger partial charge in [-0.25, -0.2) is 0 Å². The van der Waals surface area contributed by atoms with Gasteiger partial charge in [0.2, 0.25) is 0 Å². The second kappa shape index (κ2) is 17.4. The van der Waals surface area contributed by atoms with Crippen molar-refractivity contribution in [1.29, 1.82) is 0 Å². The second-order valence-corrected chi connectivity index (χ2v) is 18.8. The molecule has 0 spiro atoms. The molecule has 0 unspecified atom stereocenters. The molecule has 0 aliphatic rings. The van der Waals surface area contributed by atoms with E-state index in [9.17, 15) is 0 Å². The molecule has 2 heteroatoms. The van der Waals surface area contributed by atoms with Crippen LogP contribution in [0.15, 0.2) is 36.4 Å². The standard InChI is InChI=1S/C34H46Si.2C4H9.V/c1-19(2)25-15-27-13-23(9)33(31(27)29(17-25)21(5)6)35(11,12)34-24(10)14-28-16-26(20(3)4)18-30(22(7)8)32(28)34;2*1-3-4-2;/h13-22H,1-12H3;2*1,3-4H2,2H3;/q-2;2*-1;+4. The van der Waals surface area contributed by atoms with E-state index in [2.05, 4.69) is 146 Å². The van der Waals surface area contributed by atoms with Crippen molar-refractivity contribution >= 4 is 40.0 Å². The van der Waals surface area contributed by atoms with Crippen LogP contribution in [0.1, 0.15) is 152 Å². The quantitative estimate of drug-likeness (QED) is 0.132. The van der Waals surface area contributed by atoms with E-state index in [4.69, 9.17) is 0 Å². The van der Waals surface area contributed by atoms with Gasteiger partial charge in [-0.15, -0.1) is 56.9 Å². The Labute approximate surface area is 286 Å². The summed E-state index contributed by atoms with van der Waals surface area (Å²) in [6.07, 6.45) is 4.56. The number of hydrogen-bond donors (Lipinski definition) is 0. The number of rotatable bonds is 8. The SMILES string of the molecule is Cc1[cH-]c2cc(C(C)C)cc(C(C)C)c2c1[Si](C)(C)c1c(C)[cH-]c2cc(C(C)C)cc(C(C)C)c12.[CH2-]CCC.[CH2-]CCC.[V+4]. The van der Waals surface area contributed by atoms with Gasteiger partial charge in [0.1, 0.15) is 0 Å². The summed E-state index contributed by atoms with van der Waals surface area (Å²) in [4.78, 5) is 0. The van der Waals surface area contributed by atoms with E-state index >= 15 is 0 Å². The fourth-order valence-corrected chi connectivity index (χ4v) is 10.7. The molecule has 0 atom stereocenters. The molecule has 0 heterocycles. The molecule has 0 aliphatic heterocycles. The third kappa shape index (κ3) is 8.83. The molecule has 0 fully saturated rings. The number of aryl methyl sites for hydroxylation is 2. The van der Waals surface area contributed by atoms with Crippen molar-refractivity contribution in [2.75, 3.05) is 0 Å². The first-order valence-corrected chi connectivity index (χ1v) is 20.2. The molecule has 1 radical (unpaired) electrons. The Morgan fingerprint density at radius 1 is 0.591 bits per heavy atom. The molecule has 0 nitrogen and oxygen atoms in total. The van der Waals surface area contributed by atoms with Gasteiger partial charge >= 0.3 is 18.6 Å². The molecule has 0 amide bonds. The van der Waals surface area contributed by atoms with Gasteiger partial charge in [-0.2, -0.15) is 23.2 Å². The number of hydrogen-bond acceptors (Lipinski definition) is 0. The molecule has 44 heavy (non-hydrogen) atoms. The second-order valence-electron chi connectivity index (χ2n) is 14.5. The summed E-state index contributed by atoms with van der Waals surface area (Å²) in [5, 5.41) is 9.32. The van der Waals surface area contributed by atoms with Gasteiger partial charge in [-0.1, -0.05) is 143 Å². The minimum absolute atomic E-state index is 0. The van der Waals surface area contributed by atoms with Crippen LogP contribution in [-0.4, -0.2) is 8.07 Å². The van der Waals surface area contributed by atoms with Crippen LogP contribution in [0.5, 0.6) is 0 Å². The molecule has 241 valence electrons. The van der Waals surface area contributed by atoms with Crippen LogP contribution < -0.4 is 10.4 Å². The molecule has 4 aromatic rings. The molecular formula is C42H64SiV. The minimum Gasteiger partial charge on any atom is -0.343 e. The molecule has 0 saturated carbocycles. The zero-order valence-electron chi connectivity index (χ0n) is 31.0. The predicted octanol–water partition coefficient (Wildman–Crippen LogP) is 12.6. The van der Waals surface area contributed by atoms with Crippen molar-refractivity contribution in [1.82, 2.24) is 0 Å². The molecule has 0 aromatic heterocycles. The van der Waals surface area contributed by atoms with E-state index in [0.717, 1.165) is 12.8 Å². The molecule has 0 saturated heterocycles. The Bertz CT molecular complexity index is 1340. The van der Waals surface area contributed by atoms with Crippen molar-refractivity contribution in [3.05, 3.63) is 83.6 Å². The fourth-order valence-electron chi connectivity index (χ4n) is 6.55. The summed E-state index contributed by atoms with van der Waals surface area (Å²) < 4.78 is 0. The van der Waals surface area contributed by atoms with E-state index < -0.39 is 8.07 Å². The van der Waals surface area contributed by atoms with E-state index in [-0.39, 0.29) is 18.6 Å². The van der Waals surface area contributed by atoms with Crippen molar-refractivity contribution < 1.29 is 18.6 Å². The Hall–Kier alpha value is -1.54. The van der Waals surface area contributed by atoms with Crippen LogP contribution in [0.4, 0.5) is 0 Å². The van der Waals surface area contributed by atoms with Gasteiger partial charge in [0.25, 0.3) is 0 Å². The predicted molar refractivity (Wildman–Crippen MR) is 202 cm³/mol. The normalized spacial score (nSPS) is 11.7. The molecule has 0 bridgehead atoms. The first kappa shape index (κ1) is 40.5. The molecule has 4 aromatic carbocycles. The number of fused-ring (bicyclic) bond motifs is 2. The maximum absolute atomic E-state index is 3.60. The average Bonchev–Trinajstić information content (AvgIpc) is 3.47. The van der Waals surface area contributed by atoms with Gasteiger partial charge in [0.15, 0.2) is 0 Å². The van der Waals surface area contributed by atoms with Gasteiger partial charge in [0.05, 0.1) is 0 Å². The van der Waals surface area contributed by atoms with Crippen LogP contribution in [0.25, 0.3) is 21.5 Å². The fraction of sp³-hybridized carbons (Fsp3) is 0.524. The van der Waals surface area contributed by atoms with E-state index in [1.165, 1.54) is 57.0 Å². The third-order valence-corrected chi connectivity index (χ3v) is 12.8. The van der Waals surface area contributed by atoms with Crippen molar-refractivity contribution in [3.8, 4) is 0 Å². The summed E-state index contributed by atoms with van der Waals surface area (Å²) in [6, 6.07) is 14.9. The number of benzene rings is 2. The van der Waals surface area contributed by atoms with E-state index in [0.29, 0.717) is 23.7 Å². The van der Waals surface area contributed by atoms with Gasteiger partial charge < -0.3 is 13.8 Å². The van der Waals surface area contributed by atoms with Crippen molar-refractivity contribution in [2.24, 2.45) is 0 Å². The van der Waals surface area contributed by atoms with E-state index in [1.54, 1.807) is 21.1 Å². The average molecular weight is 648 g/mol. The van der Waals surface area contributed by atoms with Gasteiger partial charge in [-0.3, -0.25) is 0 Å². The van der Waals surface area contributed by atoms with E-state index in [1.807, 2.05) is 0 Å². The Morgan fingerprint density at radius 3 is 1.11 bits per heavy atom. The summed E-state index contributed by atoms with van der Waals surface area (Å²) in [5.74, 6) is 2.12. The monoisotopic (exact) mass is 647 g/mol. The van der Waals surface area contributed by atoms with Crippen LogP contribution in [0, 0.1) is 27.7 Å². The zero-order chi connectivity index (χ0) is 32.8. The molecule has 0 aliphatic carbocycles. The molecule has 0 N–H and O–H groups in total. The maximum Gasteiger partial charge on any atom is 4.00 e. The Kier molecular flexibility index (Phi) is 16.0. The van der Waals surface area contributed by atoms with Gasteiger partial charge in [0, 0.05) is 8.07 Å². The van der Waals surface area contributed by atoms with Crippen LogP contribution in [0.2, 0.25) is 13.1 Å². The number of unbranched alkanes of at least 4 members (excludes halogenated alkanes) is 2.